The lowest BCUT2D eigenvalue weighted by atomic mass is 10.0. The topological polar surface area (TPSA) is 52.0 Å². The molecule has 3 rings (SSSR count). The van der Waals surface area contributed by atoms with Crippen LogP contribution in [0.25, 0.3) is 16.6 Å². The van der Waals surface area contributed by atoms with Crippen LogP contribution in [0.4, 0.5) is 0 Å². The van der Waals surface area contributed by atoms with Gasteiger partial charge in [-0.1, -0.05) is 30.3 Å². The zero-order chi connectivity index (χ0) is 13.2. The van der Waals surface area contributed by atoms with Gasteiger partial charge in [0.15, 0.2) is 0 Å². The normalized spacial score (nSPS) is 10.0. The van der Waals surface area contributed by atoms with E-state index in [4.69, 9.17) is 5.26 Å². The highest BCUT2D eigenvalue weighted by atomic mass is 14.9. The fourth-order valence-corrected chi connectivity index (χ4v) is 2.19. The van der Waals surface area contributed by atoms with E-state index in [0.29, 0.717) is 11.1 Å². The third-order valence-corrected chi connectivity index (χ3v) is 3.10. The maximum atomic E-state index is 9.38. The smallest absolute Gasteiger partial charge is 0.102 e. The van der Waals surface area contributed by atoms with Gasteiger partial charge in [0.1, 0.15) is 6.07 Å². The Balaban J connectivity index is 2.34. The largest absolute Gasteiger partial charge is 0.322 e. The molecule has 1 aromatic carbocycles. The predicted octanol–water partition coefficient (Wildman–Crippen LogP) is 3.35. The molecule has 0 aliphatic rings. The molecule has 3 aromatic rings. The van der Waals surface area contributed by atoms with Gasteiger partial charge in [-0.05, 0) is 17.7 Å². The van der Waals surface area contributed by atoms with Crippen LogP contribution in [0.5, 0.6) is 0 Å². The van der Waals surface area contributed by atoms with E-state index in [1.165, 1.54) is 0 Å². The molecule has 0 aliphatic heterocycles. The molecular formula is C16H9N3. The summed E-state index contributed by atoms with van der Waals surface area (Å²) in [4.78, 5) is 0. The molecule has 0 amide bonds. The molecule has 19 heavy (non-hydrogen) atoms. The third-order valence-electron chi connectivity index (χ3n) is 3.10. The number of pyridine rings is 1. The lowest BCUT2D eigenvalue weighted by Crippen LogP contribution is -1.83. The first-order valence-electron chi connectivity index (χ1n) is 5.84. The highest BCUT2D eigenvalue weighted by molar-refractivity contribution is 5.81. The first-order chi connectivity index (χ1) is 9.33. The van der Waals surface area contributed by atoms with E-state index in [2.05, 4.69) is 12.1 Å². The minimum Gasteiger partial charge on any atom is -0.322 e. The number of fused-ring (bicyclic) bond motifs is 1. The zero-order valence-corrected chi connectivity index (χ0v) is 10.0. The standard InChI is InChI=1S/C16H9N3/c17-9-12-6-7-19-11-15(13-4-2-1-3-5-13)14(10-18)16(19)8-12/h1-8,11H. The van der Waals surface area contributed by atoms with Crippen molar-refractivity contribution in [3.8, 4) is 23.3 Å². The van der Waals surface area contributed by atoms with Gasteiger partial charge < -0.3 is 4.40 Å². The monoisotopic (exact) mass is 243 g/mol. The summed E-state index contributed by atoms with van der Waals surface area (Å²) in [6.45, 7) is 0. The van der Waals surface area contributed by atoms with Crippen LogP contribution < -0.4 is 0 Å². The van der Waals surface area contributed by atoms with Gasteiger partial charge in [-0.3, -0.25) is 0 Å². The van der Waals surface area contributed by atoms with E-state index >= 15 is 0 Å². The van der Waals surface area contributed by atoms with Crippen LogP contribution in [0.3, 0.4) is 0 Å². The summed E-state index contributed by atoms with van der Waals surface area (Å²) < 4.78 is 1.88. The van der Waals surface area contributed by atoms with Crippen molar-refractivity contribution < 1.29 is 0 Å². The van der Waals surface area contributed by atoms with Crippen molar-refractivity contribution in [2.24, 2.45) is 0 Å². The average Bonchev–Trinajstić information content (AvgIpc) is 2.85. The van der Waals surface area contributed by atoms with Gasteiger partial charge in [0.25, 0.3) is 0 Å². The van der Waals surface area contributed by atoms with Crippen LogP contribution in [0, 0.1) is 22.7 Å². The van der Waals surface area contributed by atoms with E-state index in [1.54, 1.807) is 18.3 Å². The highest BCUT2D eigenvalue weighted by Crippen LogP contribution is 2.28. The van der Waals surface area contributed by atoms with Gasteiger partial charge in [-0.15, -0.1) is 0 Å². The van der Waals surface area contributed by atoms with Crippen molar-refractivity contribution in [3.63, 3.8) is 0 Å². The number of benzene rings is 1. The van der Waals surface area contributed by atoms with E-state index in [0.717, 1.165) is 16.6 Å². The predicted molar refractivity (Wildman–Crippen MR) is 72.3 cm³/mol. The van der Waals surface area contributed by atoms with Crippen LogP contribution in [-0.4, -0.2) is 4.40 Å². The number of nitrogens with zero attached hydrogens (tertiary/aromatic N) is 3. The molecule has 3 heteroatoms. The summed E-state index contributed by atoms with van der Waals surface area (Å²) in [5, 5.41) is 18.3. The van der Waals surface area contributed by atoms with Crippen LogP contribution in [0.2, 0.25) is 0 Å². The molecule has 0 fully saturated rings. The second-order valence-electron chi connectivity index (χ2n) is 4.22. The lowest BCUT2D eigenvalue weighted by molar-refractivity contribution is 1.19. The molecule has 0 unspecified atom stereocenters. The average molecular weight is 243 g/mol. The van der Waals surface area contributed by atoms with Gasteiger partial charge in [0, 0.05) is 18.0 Å². The molecule has 2 aromatic heterocycles. The first kappa shape index (κ1) is 11.1. The van der Waals surface area contributed by atoms with E-state index in [-0.39, 0.29) is 0 Å². The SMILES string of the molecule is N#Cc1ccn2cc(-c3ccccc3)c(C#N)c2c1. The summed E-state index contributed by atoms with van der Waals surface area (Å²) in [7, 11) is 0. The number of aromatic nitrogens is 1. The molecule has 0 saturated heterocycles. The van der Waals surface area contributed by atoms with Crippen molar-refractivity contribution in [1.29, 1.82) is 10.5 Å². The third kappa shape index (κ3) is 1.74. The Morgan fingerprint density at radius 1 is 0.947 bits per heavy atom. The van der Waals surface area contributed by atoms with Crippen molar-refractivity contribution in [3.05, 3.63) is 66.0 Å². The Morgan fingerprint density at radius 2 is 1.74 bits per heavy atom. The number of rotatable bonds is 1. The van der Waals surface area contributed by atoms with Crippen LogP contribution in [-0.2, 0) is 0 Å². The molecule has 0 bridgehead atoms. The van der Waals surface area contributed by atoms with Crippen molar-refractivity contribution in [2.75, 3.05) is 0 Å². The van der Waals surface area contributed by atoms with Crippen LogP contribution in [0.1, 0.15) is 11.1 Å². The molecular weight excluding hydrogens is 234 g/mol. The Bertz CT molecular complexity index is 830. The molecule has 0 saturated carbocycles. The maximum absolute atomic E-state index is 9.38. The summed E-state index contributed by atoms with van der Waals surface area (Å²) >= 11 is 0. The Morgan fingerprint density at radius 3 is 2.42 bits per heavy atom. The van der Waals surface area contributed by atoms with Gasteiger partial charge >= 0.3 is 0 Å². The molecule has 0 aliphatic carbocycles. The molecule has 0 radical (unpaired) electrons. The van der Waals surface area contributed by atoms with Crippen LogP contribution >= 0.6 is 0 Å². The summed E-state index contributed by atoms with van der Waals surface area (Å²) in [6, 6.07) is 17.6. The minimum atomic E-state index is 0.557. The zero-order valence-electron chi connectivity index (χ0n) is 10.0. The first-order valence-corrected chi connectivity index (χ1v) is 5.84. The number of nitriles is 2. The lowest BCUT2D eigenvalue weighted by Gasteiger charge is -1.97. The number of hydrogen-bond donors (Lipinski definition) is 0. The van der Waals surface area contributed by atoms with Gasteiger partial charge in [-0.2, -0.15) is 10.5 Å². The Kier molecular flexibility index (Phi) is 2.52. The highest BCUT2D eigenvalue weighted by Gasteiger charge is 2.12. The quantitative estimate of drug-likeness (QED) is 0.658. The summed E-state index contributed by atoms with van der Waals surface area (Å²) in [5.41, 5.74) is 3.81. The van der Waals surface area contributed by atoms with Gasteiger partial charge in [-0.25, -0.2) is 0 Å². The maximum Gasteiger partial charge on any atom is 0.102 e. The fourth-order valence-electron chi connectivity index (χ4n) is 2.19. The van der Waals surface area contributed by atoms with Crippen molar-refractivity contribution in [2.45, 2.75) is 0 Å². The second-order valence-corrected chi connectivity index (χ2v) is 4.22. The van der Waals surface area contributed by atoms with E-state index in [9.17, 15) is 5.26 Å². The minimum absolute atomic E-state index is 0.557. The molecule has 0 atom stereocenters. The molecule has 0 N–H and O–H groups in total. The Hall–Kier alpha value is -3.04. The fraction of sp³-hybridized carbons (Fsp3) is 0. The van der Waals surface area contributed by atoms with Crippen LogP contribution in [0.15, 0.2) is 54.9 Å². The summed E-state index contributed by atoms with van der Waals surface area (Å²) in [6.07, 6.45) is 3.73. The van der Waals surface area contributed by atoms with E-state index < -0.39 is 0 Å². The molecule has 0 spiro atoms. The number of hydrogen-bond acceptors (Lipinski definition) is 2. The van der Waals surface area contributed by atoms with Crippen molar-refractivity contribution >= 4 is 5.52 Å². The Labute approximate surface area is 110 Å². The van der Waals surface area contributed by atoms with Gasteiger partial charge in [0.05, 0.1) is 22.7 Å². The molecule has 3 nitrogen and oxygen atoms in total. The molecule has 88 valence electrons. The second kappa shape index (κ2) is 4.33. The molecule has 2 heterocycles. The van der Waals surface area contributed by atoms with Crippen molar-refractivity contribution in [1.82, 2.24) is 4.40 Å². The van der Waals surface area contributed by atoms with Gasteiger partial charge in [0.2, 0.25) is 0 Å². The van der Waals surface area contributed by atoms with E-state index in [1.807, 2.05) is 40.9 Å². The summed E-state index contributed by atoms with van der Waals surface area (Å²) in [5.74, 6) is 0.